The van der Waals surface area contributed by atoms with Crippen LogP contribution < -0.4 is 20.3 Å². The Balaban J connectivity index is 1.27. The first kappa shape index (κ1) is 20.8. The lowest BCUT2D eigenvalue weighted by atomic mass is 10.1. The average Bonchev–Trinajstić information content (AvgIpc) is 3.41. The van der Waals surface area contributed by atoms with E-state index in [0.29, 0.717) is 30.5 Å². The Morgan fingerprint density at radius 3 is 2.87 bits per heavy atom. The summed E-state index contributed by atoms with van der Waals surface area (Å²) in [5.74, 6) is 0.638. The number of nitrogens with zero attached hydrogens (tertiary/aromatic N) is 3. The Labute approximate surface area is 184 Å². The summed E-state index contributed by atoms with van der Waals surface area (Å²) >= 11 is 1.37. The number of anilines is 1. The standard InChI is InChI=1S/C22H23N5O3S/c1-15(17-4-6-19(7-5-17)30-13-16-3-2-8-23-12-16)25-20(28)11-18-14-31-22(26-18)27-10-9-24-21(27)29/h2-8,12,14-15H,9-11,13H2,1H3,(H,24,29)(H,25,28). The van der Waals surface area contributed by atoms with E-state index < -0.39 is 0 Å². The van der Waals surface area contributed by atoms with Crippen molar-refractivity contribution in [2.24, 2.45) is 0 Å². The molecule has 160 valence electrons. The lowest BCUT2D eigenvalue weighted by Crippen LogP contribution is -2.29. The fraction of sp³-hybridized carbons (Fsp3) is 0.273. The first-order chi connectivity index (χ1) is 15.1. The monoisotopic (exact) mass is 437 g/mol. The molecule has 0 spiro atoms. The van der Waals surface area contributed by atoms with Crippen molar-refractivity contribution < 1.29 is 14.3 Å². The number of pyridine rings is 1. The fourth-order valence-electron chi connectivity index (χ4n) is 3.20. The van der Waals surface area contributed by atoms with Crippen molar-refractivity contribution in [3.05, 3.63) is 71.0 Å². The molecule has 1 atom stereocenters. The van der Waals surface area contributed by atoms with E-state index in [-0.39, 0.29) is 24.4 Å². The topological polar surface area (TPSA) is 96.5 Å². The van der Waals surface area contributed by atoms with Gasteiger partial charge < -0.3 is 15.4 Å². The summed E-state index contributed by atoms with van der Waals surface area (Å²) in [6, 6.07) is 11.2. The predicted octanol–water partition coefficient (Wildman–Crippen LogP) is 3.07. The number of amides is 3. The van der Waals surface area contributed by atoms with Crippen molar-refractivity contribution in [3.8, 4) is 5.75 Å². The molecular formula is C22H23N5O3S. The van der Waals surface area contributed by atoms with E-state index in [4.69, 9.17) is 4.74 Å². The number of nitrogens with one attached hydrogen (secondary N) is 2. The Hall–Kier alpha value is -3.46. The number of hydrogen-bond donors (Lipinski definition) is 2. The van der Waals surface area contributed by atoms with Crippen LogP contribution in [0.5, 0.6) is 5.75 Å². The minimum atomic E-state index is -0.151. The molecule has 1 aliphatic rings. The molecule has 3 heterocycles. The number of carbonyl (C=O) groups excluding carboxylic acids is 2. The molecule has 1 aliphatic heterocycles. The highest BCUT2D eigenvalue weighted by Gasteiger charge is 2.24. The van der Waals surface area contributed by atoms with Crippen LogP contribution in [0.25, 0.3) is 0 Å². The molecule has 31 heavy (non-hydrogen) atoms. The lowest BCUT2D eigenvalue weighted by molar-refractivity contribution is -0.121. The molecule has 1 aromatic carbocycles. The molecular weight excluding hydrogens is 414 g/mol. The van der Waals surface area contributed by atoms with E-state index in [1.807, 2.05) is 48.7 Å². The van der Waals surface area contributed by atoms with E-state index in [2.05, 4.69) is 20.6 Å². The Kier molecular flexibility index (Phi) is 6.42. The number of hydrogen-bond acceptors (Lipinski definition) is 6. The van der Waals surface area contributed by atoms with Crippen LogP contribution in [-0.2, 0) is 17.8 Å². The highest BCUT2D eigenvalue weighted by Crippen LogP contribution is 2.23. The molecule has 2 aromatic heterocycles. The van der Waals surface area contributed by atoms with Gasteiger partial charge in [0.25, 0.3) is 0 Å². The predicted molar refractivity (Wildman–Crippen MR) is 118 cm³/mol. The fourth-order valence-corrected chi connectivity index (χ4v) is 4.05. The van der Waals surface area contributed by atoms with Gasteiger partial charge in [-0.1, -0.05) is 18.2 Å². The lowest BCUT2D eigenvalue weighted by Gasteiger charge is -2.15. The molecule has 4 rings (SSSR count). The highest BCUT2D eigenvalue weighted by molar-refractivity contribution is 7.14. The average molecular weight is 438 g/mol. The molecule has 3 aromatic rings. The van der Waals surface area contributed by atoms with Crippen LogP contribution in [-0.4, -0.2) is 35.0 Å². The molecule has 9 heteroatoms. The maximum absolute atomic E-state index is 12.4. The molecule has 8 nitrogen and oxygen atoms in total. The third-order valence-corrected chi connectivity index (χ3v) is 5.77. The quantitative estimate of drug-likeness (QED) is 0.565. The smallest absolute Gasteiger partial charge is 0.323 e. The molecule has 0 radical (unpaired) electrons. The Morgan fingerprint density at radius 1 is 1.32 bits per heavy atom. The van der Waals surface area contributed by atoms with Crippen LogP contribution in [0, 0.1) is 0 Å². The zero-order valence-electron chi connectivity index (χ0n) is 17.1. The molecule has 1 unspecified atom stereocenters. The number of thiazole rings is 1. The second-order valence-corrected chi connectivity index (χ2v) is 8.03. The third-order valence-electron chi connectivity index (χ3n) is 4.85. The molecule has 1 fully saturated rings. The Morgan fingerprint density at radius 2 is 2.16 bits per heavy atom. The van der Waals surface area contributed by atoms with Gasteiger partial charge in [0.1, 0.15) is 12.4 Å². The third kappa shape index (κ3) is 5.37. The molecule has 3 amide bonds. The van der Waals surface area contributed by atoms with Crippen LogP contribution in [0.1, 0.15) is 29.8 Å². The van der Waals surface area contributed by atoms with Gasteiger partial charge >= 0.3 is 6.03 Å². The molecule has 2 N–H and O–H groups in total. The second-order valence-electron chi connectivity index (χ2n) is 7.19. The maximum atomic E-state index is 12.4. The van der Waals surface area contributed by atoms with Crippen molar-refractivity contribution in [3.63, 3.8) is 0 Å². The zero-order chi connectivity index (χ0) is 21.6. The minimum Gasteiger partial charge on any atom is -0.489 e. The van der Waals surface area contributed by atoms with E-state index >= 15 is 0 Å². The van der Waals surface area contributed by atoms with Gasteiger partial charge in [0.05, 0.1) is 18.2 Å². The summed E-state index contributed by atoms with van der Waals surface area (Å²) in [7, 11) is 0. The van der Waals surface area contributed by atoms with Gasteiger partial charge in [0.2, 0.25) is 5.91 Å². The summed E-state index contributed by atoms with van der Waals surface area (Å²) in [6.45, 7) is 3.59. The number of carbonyl (C=O) groups is 2. The number of aromatic nitrogens is 2. The van der Waals surface area contributed by atoms with Gasteiger partial charge in [-0.25, -0.2) is 9.78 Å². The van der Waals surface area contributed by atoms with E-state index in [0.717, 1.165) is 16.9 Å². The highest BCUT2D eigenvalue weighted by atomic mass is 32.1. The van der Waals surface area contributed by atoms with Crippen LogP contribution >= 0.6 is 11.3 Å². The van der Waals surface area contributed by atoms with Gasteiger partial charge in [-0.3, -0.25) is 14.7 Å². The number of rotatable bonds is 8. The van der Waals surface area contributed by atoms with Crippen LogP contribution in [0.15, 0.2) is 54.2 Å². The first-order valence-corrected chi connectivity index (χ1v) is 10.9. The normalized spacial score (nSPS) is 14.2. The summed E-state index contributed by atoms with van der Waals surface area (Å²) in [4.78, 5) is 34.3. The van der Waals surface area contributed by atoms with E-state index in [1.165, 1.54) is 11.3 Å². The largest absolute Gasteiger partial charge is 0.489 e. The van der Waals surface area contributed by atoms with Crippen LogP contribution in [0.4, 0.5) is 9.93 Å². The summed E-state index contributed by atoms with van der Waals surface area (Å²) in [6.07, 6.45) is 3.67. The molecule has 0 saturated carbocycles. The maximum Gasteiger partial charge on any atom is 0.323 e. The number of urea groups is 1. The van der Waals surface area contributed by atoms with Crippen molar-refractivity contribution in [1.29, 1.82) is 0 Å². The zero-order valence-corrected chi connectivity index (χ0v) is 17.9. The van der Waals surface area contributed by atoms with Crippen molar-refractivity contribution in [1.82, 2.24) is 20.6 Å². The van der Waals surface area contributed by atoms with E-state index in [9.17, 15) is 9.59 Å². The minimum absolute atomic E-state index is 0.118. The number of ether oxygens (including phenoxy) is 1. The van der Waals surface area contributed by atoms with Gasteiger partial charge in [0.15, 0.2) is 5.13 Å². The SMILES string of the molecule is CC(NC(=O)Cc1csc(N2CCNC2=O)n1)c1ccc(OCc2cccnc2)cc1. The van der Waals surface area contributed by atoms with Crippen molar-refractivity contribution in [2.75, 3.05) is 18.0 Å². The summed E-state index contributed by atoms with van der Waals surface area (Å²) < 4.78 is 5.77. The van der Waals surface area contributed by atoms with Gasteiger partial charge in [-0.2, -0.15) is 0 Å². The van der Waals surface area contributed by atoms with Crippen molar-refractivity contribution in [2.45, 2.75) is 26.0 Å². The first-order valence-electron chi connectivity index (χ1n) is 9.99. The van der Waals surface area contributed by atoms with Gasteiger partial charge in [0, 0.05) is 36.4 Å². The second kappa shape index (κ2) is 9.57. The Bertz CT molecular complexity index is 1040. The van der Waals surface area contributed by atoms with Crippen molar-refractivity contribution >= 4 is 28.4 Å². The summed E-state index contributed by atoms with van der Waals surface area (Å²) in [5.41, 5.74) is 2.64. The number of benzene rings is 1. The molecule has 0 bridgehead atoms. The summed E-state index contributed by atoms with van der Waals surface area (Å²) in [5, 5.41) is 8.18. The van der Waals surface area contributed by atoms with E-state index in [1.54, 1.807) is 17.3 Å². The molecule has 0 aliphatic carbocycles. The van der Waals surface area contributed by atoms with Gasteiger partial charge in [-0.05, 0) is 30.7 Å². The van der Waals surface area contributed by atoms with Gasteiger partial charge in [-0.15, -0.1) is 11.3 Å². The van der Waals surface area contributed by atoms with Crippen LogP contribution in [0.2, 0.25) is 0 Å². The molecule has 1 saturated heterocycles. The van der Waals surface area contributed by atoms with Crippen LogP contribution in [0.3, 0.4) is 0 Å².